The highest BCUT2D eigenvalue weighted by molar-refractivity contribution is 5.29. The largest absolute Gasteiger partial charge is 0.494 e. The SMILES string of the molecule is CCCNCC(C)CCc1ccc(OC)c(F)c1. The summed E-state index contributed by atoms with van der Waals surface area (Å²) in [5, 5.41) is 3.41. The molecular formula is C15H24FNO. The van der Waals surface area contributed by atoms with Crippen LogP contribution in [0, 0.1) is 11.7 Å². The molecule has 102 valence electrons. The van der Waals surface area contributed by atoms with Gasteiger partial charge in [-0.1, -0.05) is 19.9 Å². The number of aryl methyl sites for hydroxylation is 1. The van der Waals surface area contributed by atoms with Crippen molar-refractivity contribution in [3.63, 3.8) is 0 Å². The predicted octanol–water partition coefficient (Wildman–Crippen LogP) is 3.40. The van der Waals surface area contributed by atoms with E-state index in [1.165, 1.54) is 7.11 Å². The number of nitrogens with one attached hydrogen (secondary N) is 1. The molecule has 0 fully saturated rings. The fourth-order valence-electron chi connectivity index (χ4n) is 1.91. The second-order valence-corrected chi connectivity index (χ2v) is 4.82. The van der Waals surface area contributed by atoms with E-state index in [9.17, 15) is 4.39 Å². The minimum Gasteiger partial charge on any atom is -0.494 e. The van der Waals surface area contributed by atoms with E-state index in [1.807, 2.05) is 6.07 Å². The van der Waals surface area contributed by atoms with E-state index in [0.29, 0.717) is 11.7 Å². The van der Waals surface area contributed by atoms with Crippen molar-refractivity contribution in [3.05, 3.63) is 29.6 Å². The first-order chi connectivity index (χ1) is 8.67. The van der Waals surface area contributed by atoms with Crippen LogP contribution in [0.25, 0.3) is 0 Å². The molecular weight excluding hydrogens is 229 g/mol. The molecule has 1 unspecified atom stereocenters. The summed E-state index contributed by atoms with van der Waals surface area (Å²) in [5.41, 5.74) is 1.04. The van der Waals surface area contributed by atoms with Crippen LogP contribution in [0.2, 0.25) is 0 Å². The van der Waals surface area contributed by atoms with Crippen molar-refractivity contribution in [2.45, 2.75) is 33.1 Å². The Kier molecular flexibility index (Phi) is 6.73. The van der Waals surface area contributed by atoms with E-state index in [4.69, 9.17) is 4.74 Å². The molecule has 0 bridgehead atoms. The van der Waals surface area contributed by atoms with Crippen molar-refractivity contribution in [2.75, 3.05) is 20.2 Å². The molecule has 1 N–H and O–H groups in total. The molecule has 1 aromatic rings. The van der Waals surface area contributed by atoms with E-state index < -0.39 is 0 Å². The van der Waals surface area contributed by atoms with E-state index in [0.717, 1.165) is 37.9 Å². The van der Waals surface area contributed by atoms with Crippen molar-refractivity contribution in [2.24, 2.45) is 5.92 Å². The highest BCUT2D eigenvalue weighted by Gasteiger charge is 2.06. The molecule has 1 rings (SSSR count). The Morgan fingerprint density at radius 2 is 2.17 bits per heavy atom. The summed E-state index contributed by atoms with van der Waals surface area (Å²) in [7, 11) is 1.49. The maximum Gasteiger partial charge on any atom is 0.165 e. The van der Waals surface area contributed by atoms with Gasteiger partial charge in [0.2, 0.25) is 0 Å². The molecule has 2 nitrogen and oxygen atoms in total. The Morgan fingerprint density at radius 1 is 1.39 bits per heavy atom. The number of hydrogen-bond donors (Lipinski definition) is 1. The number of rotatable bonds is 8. The summed E-state index contributed by atoms with van der Waals surface area (Å²) < 4.78 is 18.4. The van der Waals surface area contributed by atoms with E-state index >= 15 is 0 Å². The summed E-state index contributed by atoms with van der Waals surface area (Å²) >= 11 is 0. The molecule has 1 atom stereocenters. The minimum atomic E-state index is -0.272. The number of ether oxygens (including phenoxy) is 1. The Hall–Kier alpha value is -1.09. The molecule has 0 spiro atoms. The summed E-state index contributed by atoms with van der Waals surface area (Å²) in [6.07, 6.45) is 3.15. The van der Waals surface area contributed by atoms with Crippen LogP contribution in [0.4, 0.5) is 4.39 Å². The van der Waals surface area contributed by atoms with Gasteiger partial charge in [0, 0.05) is 0 Å². The van der Waals surface area contributed by atoms with Gasteiger partial charge < -0.3 is 10.1 Å². The zero-order valence-corrected chi connectivity index (χ0v) is 11.6. The molecule has 0 aliphatic heterocycles. The molecule has 0 amide bonds. The molecule has 3 heteroatoms. The number of halogens is 1. The lowest BCUT2D eigenvalue weighted by atomic mass is 10.0. The number of methoxy groups -OCH3 is 1. The lowest BCUT2D eigenvalue weighted by Crippen LogP contribution is -2.22. The van der Waals surface area contributed by atoms with Crippen LogP contribution in [0.1, 0.15) is 32.3 Å². The third kappa shape index (κ3) is 5.05. The van der Waals surface area contributed by atoms with Crippen LogP contribution in [-0.4, -0.2) is 20.2 Å². The molecule has 0 aliphatic carbocycles. The summed E-state index contributed by atoms with van der Waals surface area (Å²) in [6, 6.07) is 5.21. The van der Waals surface area contributed by atoms with Crippen molar-refractivity contribution < 1.29 is 9.13 Å². The van der Waals surface area contributed by atoms with Crippen LogP contribution >= 0.6 is 0 Å². The van der Waals surface area contributed by atoms with E-state index in [1.54, 1.807) is 12.1 Å². The zero-order chi connectivity index (χ0) is 13.4. The average Bonchev–Trinajstić information content (AvgIpc) is 2.37. The van der Waals surface area contributed by atoms with Crippen molar-refractivity contribution in [1.29, 1.82) is 0 Å². The van der Waals surface area contributed by atoms with Gasteiger partial charge >= 0.3 is 0 Å². The third-order valence-corrected chi connectivity index (χ3v) is 3.06. The summed E-state index contributed by atoms with van der Waals surface area (Å²) in [4.78, 5) is 0. The van der Waals surface area contributed by atoms with Crippen LogP contribution in [0.15, 0.2) is 18.2 Å². The molecule has 0 aliphatic rings. The van der Waals surface area contributed by atoms with Gasteiger partial charge in [-0.25, -0.2) is 4.39 Å². The Balaban J connectivity index is 2.36. The second kappa shape index (κ2) is 8.09. The van der Waals surface area contributed by atoms with Gasteiger partial charge in [-0.15, -0.1) is 0 Å². The number of benzene rings is 1. The first-order valence-electron chi connectivity index (χ1n) is 6.70. The van der Waals surface area contributed by atoms with Gasteiger partial charge in [-0.05, 0) is 56.0 Å². The fourth-order valence-corrected chi connectivity index (χ4v) is 1.91. The quantitative estimate of drug-likeness (QED) is 0.717. The standard InChI is InChI=1S/C15H24FNO/c1-4-9-17-11-12(2)5-6-13-7-8-15(18-3)14(16)10-13/h7-8,10,12,17H,4-6,9,11H2,1-3H3. The van der Waals surface area contributed by atoms with Crippen LogP contribution < -0.4 is 10.1 Å². The Morgan fingerprint density at radius 3 is 2.78 bits per heavy atom. The first kappa shape index (κ1) is 15.0. The van der Waals surface area contributed by atoms with Gasteiger partial charge in [0.05, 0.1) is 7.11 Å². The molecule has 0 saturated carbocycles. The fraction of sp³-hybridized carbons (Fsp3) is 0.600. The Labute approximate surface area is 110 Å². The van der Waals surface area contributed by atoms with Gasteiger partial charge in [0.15, 0.2) is 11.6 Å². The van der Waals surface area contributed by atoms with Crippen molar-refractivity contribution >= 4 is 0 Å². The molecule has 1 aromatic carbocycles. The van der Waals surface area contributed by atoms with Crippen LogP contribution in [-0.2, 0) is 6.42 Å². The van der Waals surface area contributed by atoms with Gasteiger partial charge in [-0.3, -0.25) is 0 Å². The second-order valence-electron chi connectivity index (χ2n) is 4.82. The van der Waals surface area contributed by atoms with Gasteiger partial charge in [-0.2, -0.15) is 0 Å². The lowest BCUT2D eigenvalue weighted by molar-refractivity contribution is 0.386. The molecule has 0 radical (unpaired) electrons. The van der Waals surface area contributed by atoms with Gasteiger partial charge in [0.1, 0.15) is 0 Å². The topological polar surface area (TPSA) is 21.3 Å². The third-order valence-electron chi connectivity index (χ3n) is 3.06. The summed E-state index contributed by atoms with van der Waals surface area (Å²) in [6.45, 7) is 6.49. The molecule has 0 saturated heterocycles. The van der Waals surface area contributed by atoms with Crippen molar-refractivity contribution in [1.82, 2.24) is 5.32 Å². The summed E-state index contributed by atoms with van der Waals surface area (Å²) in [5.74, 6) is 0.657. The van der Waals surface area contributed by atoms with Crippen LogP contribution in [0.3, 0.4) is 0 Å². The van der Waals surface area contributed by atoms with Crippen molar-refractivity contribution in [3.8, 4) is 5.75 Å². The highest BCUT2D eigenvalue weighted by Crippen LogP contribution is 2.19. The average molecular weight is 253 g/mol. The van der Waals surface area contributed by atoms with E-state index in [-0.39, 0.29) is 5.82 Å². The van der Waals surface area contributed by atoms with E-state index in [2.05, 4.69) is 19.2 Å². The smallest absolute Gasteiger partial charge is 0.165 e. The molecule has 0 aromatic heterocycles. The van der Waals surface area contributed by atoms with Gasteiger partial charge in [0.25, 0.3) is 0 Å². The van der Waals surface area contributed by atoms with Crippen LogP contribution in [0.5, 0.6) is 5.75 Å². The monoisotopic (exact) mass is 253 g/mol. The maximum absolute atomic E-state index is 13.5. The number of hydrogen-bond acceptors (Lipinski definition) is 2. The maximum atomic E-state index is 13.5. The molecule has 0 heterocycles. The highest BCUT2D eigenvalue weighted by atomic mass is 19.1. The predicted molar refractivity (Wildman–Crippen MR) is 73.6 cm³/mol. The normalized spacial score (nSPS) is 12.4. The molecule has 18 heavy (non-hydrogen) atoms. The zero-order valence-electron chi connectivity index (χ0n) is 11.6. The Bertz CT molecular complexity index is 354. The first-order valence-corrected chi connectivity index (χ1v) is 6.70. The lowest BCUT2D eigenvalue weighted by Gasteiger charge is -2.12. The minimum absolute atomic E-state index is 0.272.